The van der Waals surface area contributed by atoms with Crippen LogP contribution in [0.3, 0.4) is 0 Å². The van der Waals surface area contributed by atoms with Gasteiger partial charge in [0.25, 0.3) is 0 Å². The number of hydrogen-bond donors (Lipinski definition) is 0. The fourth-order valence-corrected chi connectivity index (χ4v) is 10.2. The lowest BCUT2D eigenvalue weighted by Crippen LogP contribution is -1.94. The number of furan rings is 2. The SMILES string of the molecule is c1ccc(-c2ccc3c(c2)c2cc(Oc4ccc5c(c4)c4cc(-c6ccccc6)ccc4n5-c4ccc5oc6ccccc6c5c4)ccc2n3-c2ccc3oc4ccccc4c3c2)cc1. The number of ether oxygens (including phenoxy) is 1. The summed E-state index contributed by atoms with van der Waals surface area (Å²) in [6.45, 7) is 0. The van der Waals surface area contributed by atoms with Gasteiger partial charge in [0.15, 0.2) is 0 Å². The van der Waals surface area contributed by atoms with Crippen molar-refractivity contribution < 1.29 is 13.6 Å². The first-order valence-electron chi connectivity index (χ1n) is 22.0. The number of para-hydroxylation sites is 2. The summed E-state index contributed by atoms with van der Waals surface area (Å²) in [5.74, 6) is 1.53. The third kappa shape index (κ3) is 5.59. The molecular weight excluding hydrogens is 797 g/mol. The van der Waals surface area contributed by atoms with Crippen LogP contribution in [0.4, 0.5) is 0 Å². The molecule has 0 fully saturated rings. The fourth-order valence-electron chi connectivity index (χ4n) is 10.2. The van der Waals surface area contributed by atoms with E-state index in [4.69, 9.17) is 13.6 Å². The molecule has 0 saturated heterocycles. The number of fused-ring (bicyclic) bond motifs is 12. The molecule has 0 saturated carbocycles. The molecule has 0 spiro atoms. The van der Waals surface area contributed by atoms with E-state index in [0.717, 1.165) is 121 Å². The molecule has 0 aliphatic carbocycles. The highest BCUT2D eigenvalue weighted by atomic mass is 16.5. The lowest BCUT2D eigenvalue weighted by Gasteiger charge is -2.10. The van der Waals surface area contributed by atoms with Crippen LogP contribution in [0, 0.1) is 0 Å². The summed E-state index contributed by atoms with van der Waals surface area (Å²) in [6.07, 6.45) is 0. The van der Waals surface area contributed by atoms with Gasteiger partial charge >= 0.3 is 0 Å². The molecule has 5 heteroatoms. The van der Waals surface area contributed by atoms with E-state index >= 15 is 0 Å². The van der Waals surface area contributed by atoms with Crippen LogP contribution in [0.5, 0.6) is 11.5 Å². The molecule has 0 aliphatic heterocycles. The fraction of sp³-hybridized carbons (Fsp3) is 0. The summed E-state index contributed by atoms with van der Waals surface area (Å²) >= 11 is 0. The van der Waals surface area contributed by atoms with E-state index in [1.807, 2.05) is 24.3 Å². The van der Waals surface area contributed by atoms with Gasteiger partial charge in [-0.1, -0.05) is 109 Å². The zero-order valence-corrected chi connectivity index (χ0v) is 34.9. The average Bonchev–Trinajstić information content (AvgIpc) is 4.11. The van der Waals surface area contributed by atoms with Gasteiger partial charge in [-0.15, -0.1) is 0 Å². The molecular formula is C60H36N2O3. The Balaban J connectivity index is 0.930. The molecule has 5 nitrogen and oxygen atoms in total. The molecule has 0 radical (unpaired) electrons. The largest absolute Gasteiger partial charge is 0.457 e. The van der Waals surface area contributed by atoms with E-state index in [2.05, 4.69) is 203 Å². The lowest BCUT2D eigenvalue weighted by atomic mass is 10.0. The maximum Gasteiger partial charge on any atom is 0.135 e. The van der Waals surface area contributed by atoms with Crippen LogP contribution in [0.2, 0.25) is 0 Å². The van der Waals surface area contributed by atoms with E-state index < -0.39 is 0 Å². The maximum absolute atomic E-state index is 6.90. The smallest absolute Gasteiger partial charge is 0.135 e. The third-order valence-corrected chi connectivity index (χ3v) is 13.2. The van der Waals surface area contributed by atoms with Crippen LogP contribution < -0.4 is 4.74 Å². The first kappa shape index (κ1) is 35.8. The number of benzene rings is 10. The van der Waals surface area contributed by atoms with E-state index in [1.54, 1.807) is 0 Å². The van der Waals surface area contributed by atoms with Gasteiger partial charge in [-0.05, 0) is 131 Å². The zero-order chi connectivity index (χ0) is 42.6. The molecule has 0 amide bonds. The van der Waals surface area contributed by atoms with Crippen molar-refractivity contribution in [2.24, 2.45) is 0 Å². The minimum absolute atomic E-state index is 0.767. The summed E-state index contributed by atoms with van der Waals surface area (Å²) in [6, 6.07) is 77.2. The summed E-state index contributed by atoms with van der Waals surface area (Å²) in [5, 5.41) is 8.93. The van der Waals surface area contributed by atoms with Crippen molar-refractivity contribution in [3.05, 3.63) is 218 Å². The summed E-state index contributed by atoms with van der Waals surface area (Å²) in [5.41, 5.74) is 14.8. The first-order chi connectivity index (χ1) is 32.2. The highest BCUT2D eigenvalue weighted by Crippen LogP contribution is 2.42. The predicted octanol–water partition coefficient (Wildman–Crippen LogP) is 16.8. The van der Waals surface area contributed by atoms with Crippen molar-refractivity contribution >= 4 is 87.5 Å². The number of rotatable bonds is 6. The molecule has 304 valence electrons. The predicted molar refractivity (Wildman–Crippen MR) is 267 cm³/mol. The van der Waals surface area contributed by atoms with Crippen LogP contribution in [0.1, 0.15) is 0 Å². The molecule has 4 heterocycles. The van der Waals surface area contributed by atoms with Crippen molar-refractivity contribution in [3.8, 4) is 45.1 Å². The van der Waals surface area contributed by atoms with Gasteiger partial charge in [0, 0.05) is 54.5 Å². The Morgan fingerprint density at radius 3 is 1.11 bits per heavy atom. The van der Waals surface area contributed by atoms with Crippen molar-refractivity contribution in [2.45, 2.75) is 0 Å². The van der Waals surface area contributed by atoms with Crippen molar-refractivity contribution in [2.75, 3.05) is 0 Å². The monoisotopic (exact) mass is 832 g/mol. The zero-order valence-electron chi connectivity index (χ0n) is 34.9. The molecule has 14 aromatic rings. The van der Waals surface area contributed by atoms with E-state index in [1.165, 1.54) is 11.1 Å². The van der Waals surface area contributed by atoms with E-state index in [9.17, 15) is 0 Å². The van der Waals surface area contributed by atoms with E-state index in [0.29, 0.717) is 0 Å². The molecule has 0 bridgehead atoms. The topological polar surface area (TPSA) is 45.4 Å². The second-order valence-electron chi connectivity index (χ2n) is 16.9. The van der Waals surface area contributed by atoms with Crippen LogP contribution in [0.15, 0.2) is 227 Å². The van der Waals surface area contributed by atoms with Gasteiger partial charge in [-0.3, -0.25) is 0 Å². The van der Waals surface area contributed by atoms with Gasteiger partial charge in [0.05, 0.1) is 22.1 Å². The summed E-state index contributed by atoms with van der Waals surface area (Å²) < 4.78 is 24.1. The summed E-state index contributed by atoms with van der Waals surface area (Å²) in [7, 11) is 0. The highest BCUT2D eigenvalue weighted by molar-refractivity contribution is 6.14. The Morgan fingerprint density at radius 2 is 0.646 bits per heavy atom. The second kappa shape index (κ2) is 13.9. The number of aromatic nitrogens is 2. The Kier molecular flexibility index (Phi) is 7.62. The van der Waals surface area contributed by atoms with Gasteiger partial charge in [0.1, 0.15) is 33.8 Å². The molecule has 0 atom stereocenters. The minimum atomic E-state index is 0.767. The lowest BCUT2D eigenvalue weighted by molar-refractivity contribution is 0.484. The number of hydrogen-bond acceptors (Lipinski definition) is 3. The first-order valence-corrected chi connectivity index (χ1v) is 22.0. The standard InChI is InChI=1S/C60H36N2O3/c1-3-11-37(12-4-1)39-19-25-53-47(31-39)49-35-43(23-27-55(49)61(53)41-21-29-59-51(33-41)45-15-7-9-17-57(45)64-59)63-44-24-28-56-50(36-44)48-32-40(38-13-5-2-6-14-38)20-26-54(48)62(56)42-22-30-60-52(34-42)46-16-8-10-18-58(46)65-60/h1-36H. The Bertz CT molecular complexity index is 3930. The quantitative estimate of drug-likeness (QED) is 0.168. The minimum Gasteiger partial charge on any atom is -0.457 e. The van der Waals surface area contributed by atoms with Crippen LogP contribution >= 0.6 is 0 Å². The Labute approximate surface area is 372 Å². The van der Waals surface area contributed by atoms with Crippen molar-refractivity contribution in [1.82, 2.24) is 9.13 Å². The number of nitrogens with zero attached hydrogens (tertiary/aromatic N) is 2. The summed E-state index contributed by atoms with van der Waals surface area (Å²) in [4.78, 5) is 0. The molecule has 0 aliphatic rings. The highest BCUT2D eigenvalue weighted by Gasteiger charge is 2.19. The van der Waals surface area contributed by atoms with Gasteiger partial charge < -0.3 is 22.7 Å². The molecule has 10 aromatic carbocycles. The second-order valence-corrected chi connectivity index (χ2v) is 16.9. The van der Waals surface area contributed by atoms with Gasteiger partial charge in [0.2, 0.25) is 0 Å². The molecule has 65 heavy (non-hydrogen) atoms. The van der Waals surface area contributed by atoms with Gasteiger partial charge in [-0.25, -0.2) is 0 Å². The Hall–Kier alpha value is -8.80. The van der Waals surface area contributed by atoms with Crippen LogP contribution in [-0.4, -0.2) is 9.13 Å². The van der Waals surface area contributed by atoms with Crippen LogP contribution in [0.25, 0.3) is 121 Å². The Morgan fingerprint density at radius 1 is 0.262 bits per heavy atom. The maximum atomic E-state index is 6.90. The molecule has 0 unspecified atom stereocenters. The normalized spacial score (nSPS) is 12.0. The molecule has 0 N–H and O–H groups in total. The van der Waals surface area contributed by atoms with Gasteiger partial charge in [-0.2, -0.15) is 0 Å². The van der Waals surface area contributed by atoms with Crippen molar-refractivity contribution in [1.29, 1.82) is 0 Å². The van der Waals surface area contributed by atoms with E-state index in [-0.39, 0.29) is 0 Å². The molecule has 4 aromatic heterocycles. The van der Waals surface area contributed by atoms with Crippen molar-refractivity contribution in [3.63, 3.8) is 0 Å². The molecule has 14 rings (SSSR count). The average molecular weight is 833 g/mol. The third-order valence-electron chi connectivity index (χ3n) is 13.2. The van der Waals surface area contributed by atoms with Crippen LogP contribution in [-0.2, 0) is 0 Å².